The highest BCUT2D eigenvalue weighted by Crippen LogP contribution is 2.42. The molecule has 1 aliphatic rings. The van der Waals surface area contributed by atoms with Gasteiger partial charge in [-0.1, -0.05) is 6.07 Å². The molecule has 9 heteroatoms. The van der Waals surface area contributed by atoms with Crippen molar-refractivity contribution in [3.8, 4) is 0 Å². The highest BCUT2D eigenvalue weighted by Gasteiger charge is 2.52. The van der Waals surface area contributed by atoms with Crippen molar-refractivity contribution >= 4 is 27.8 Å². The van der Waals surface area contributed by atoms with Crippen LogP contribution in [0.1, 0.15) is 17.5 Å². The van der Waals surface area contributed by atoms with Gasteiger partial charge in [0.25, 0.3) is 0 Å². The minimum atomic E-state index is -5.21. The molecule has 4 nitrogen and oxygen atoms in total. The van der Waals surface area contributed by atoms with Gasteiger partial charge in [0.2, 0.25) is 0 Å². The Bertz CT molecular complexity index is 632. The molecule has 1 atom stereocenters. The molecule has 1 aromatic rings. The maximum Gasteiger partial charge on any atom is 0.471 e. The highest BCUT2D eigenvalue weighted by molar-refractivity contribution is 9.10. The van der Waals surface area contributed by atoms with Crippen molar-refractivity contribution in [1.29, 1.82) is 0 Å². The molecule has 1 amide bonds. The molecule has 21 heavy (non-hydrogen) atoms. The molecule has 2 N–H and O–H groups in total. The number of nitrogens with one attached hydrogen (secondary N) is 1. The van der Waals surface area contributed by atoms with Crippen LogP contribution in [0, 0.1) is 5.82 Å². The highest BCUT2D eigenvalue weighted by atomic mass is 79.9. The zero-order valence-corrected chi connectivity index (χ0v) is 11.8. The van der Waals surface area contributed by atoms with Gasteiger partial charge in [-0.05, 0) is 46.0 Å². The van der Waals surface area contributed by atoms with Gasteiger partial charge in [-0.15, -0.1) is 0 Å². The summed E-state index contributed by atoms with van der Waals surface area (Å²) in [4.78, 5) is 22.6. The van der Waals surface area contributed by atoms with E-state index in [1.54, 1.807) is 0 Å². The topological polar surface area (TPSA) is 66.4 Å². The molecule has 2 rings (SSSR count). The summed E-state index contributed by atoms with van der Waals surface area (Å²) >= 11 is 2.93. The lowest BCUT2D eigenvalue weighted by Crippen LogP contribution is -2.54. The van der Waals surface area contributed by atoms with Crippen molar-refractivity contribution in [1.82, 2.24) is 5.32 Å². The SMILES string of the molecule is O=C(NC1(C(=O)O)CCc2c1ccc(F)c2Br)C(F)(F)F. The third-order valence-corrected chi connectivity index (χ3v) is 4.21. The second-order valence-electron chi connectivity index (χ2n) is 4.55. The zero-order valence-electron chi connectivity index (χ0n) is 10.2. The predicted octanol–water partition coefficient (Wildman–Crippen LogP) is 2.49. The average molecular weight is 370 g/mol. The largest absolute Gasteiger partial charge is 0.479 e. The molecule has 0 radical (unpaired) electrons. The minimum Gasteiger partial charge on any atom is -0.479 e. The summed E-state index contributed by atoms with van der Waals surface area (Å²) in [5.74, 6) is -4.63. The van der Waals surface area contributed by atoms with E-state index in [1.165, 1.54) is 5.32 Å². The Kier molecular flexibility index (Phi) is 3.73. The van der Waals surface area contributed by atoms with E-state index in [0.29, 0.717) is 0 Å². The first-order valence-corrected chi connectivity index (χ1v) is 6.49. The number of hydrogen-bond acceptors (Lipinski definition) is 2. The van der Waals surface area contributed by atoms with Gasteiger partial charge in [-0.2, -0.15) is 13.2 Å². The summed E-state index contributed by atoms with van der Waals surface area (Å²) in [5, 5.41) is 10.8. The number of halogens is 5. The predicted molar refractivity (Wildman–Crippen MR) is 65.9 cm³/mol. The van der Waals surface area contributed by atoms with E-state index in [-0.39, 0.29) is 28.4 Å². The molecule has 114 valence electrons. The quantitative estimate of drug-likeness (QED) is 0.787. The molecular formula is C12H8BrF4NO3. The molecular weight excluding hydrogens is 362 g/mol. The van der Waals surface area contributed by atoms with Crippen molar-refractivity contribution in [2.75, 3.05) is 0 Å². The van der Waals surface area contributed by atoms with Gasteiger partial charge in [0.15, 0.2) is 5.54 Å². The summed E-state index contributed by atoms with van der Waals surface area (Å²) in [7, 11) is 0. The van der Waals surface area contributed by atoms with Crippen LogP contribution < -0.4 is 5.32 Å². The maximum atomic E-state index is 13.4. The van der Waals surface area contributed by atoms with Crippen LogP contribution in [-0.4, -0.2) is 23.2 Å². The molecule has 0 aromatic heterocycles. The molecule has 0 bridgehead atoms. The Morgan fingerprint density at radius 2 is 1.95 bits per heavy atom. The van der Waals surface area contributed by atoms with Gasteiger partial charge in [-0.3, -0.25) is 4.79 Å². The van der Waals surface area contributed by atoms with Crippen molar-refractivity contribution in [2.24, 2.45) is 0 Å². The minimum absolute atomic E-state index is 0.00983. The smallest absolute Gasteiger partial charge is 0.471 e. The van der Waals surface area contributed by atoms with E-state index in [2.05, 4.69) is 15.9 Å². The van der Waals surface area contributed by atoms with Crippen LogP contribution in [0.4, 0.5) is 17.6 Å². The average Bonchev–Trinajstić information content (AvgIpc) is 2.73. The third-order valence-electron chi connectivity index (χ3n) is 3.36. The molecule has 0 spiro atoms. The van der Waals surface area contributed by atoms with Crippen molar-refractivity contribution in [3.63, 3.8) is 0 Å². The van der Waals surface area contributed by atoms with Crippen molar-refractivity contribution < 1.29 is 32.3 Å². The van der Waals surface area contributed by atoms with E-state index < -0.39 is 29.4 Å². The standard InChI is InChI=1S/C12H8BrF4NO3/c13-8-5-3-4-11(10(20)21,6(5)1-2-7(8)14)18-9(19)12(15,16)17/h1-2H,3-4H2,(H,18,19)(H,20,21). The molecule has 1 unspecified atom stereocenters. The number of carbonyl (C=O) groups is 2. The van der Waals surface area contributed by atoms with Gasteiger partial charge in [0, 0.05) is 0 Å². The first kappa shape index (κ1) is 15.7. The van der Waals surface area contributed by atoms with Gasteiger partial charge >= 0.3 is 18.1 Å². The van der Waals surface area contributed by atoms with Gasteiger partial charge in [0.1, 0.15) is 5.82 Å². The molecule has 0 heterocycles. The number of amides is 1. The number of benzene rings is 1. The third kappa shape index (κ3) is 2.50. The molecule has 0 saturated heterocycles. The fourth-order valence-corrected chi connectivity index (χ4v) is 2.90. The number of alkyl halides is 3. The van der Waals surface area contributed by atoms with E-state index in [1.807, 2.05) is 0 Å². The van der Waals surface area contributed by atoms with Gasteiger partial charge in [0.05, 0.1) is 4.47 Å². The summed E-state index contributed by atoms with van der Waals surface area (Å²) < 4.78 is 50.6. The molecule has 1 aliphatic carbocycles. The lowest BCUT2D eigenvalue weighted by atomic mass is 9.91. The van der Waals surface area contributed by atoms with Crippen molar-refractivity contribution in [3.05, 3.63) is 33.5 Å². The Labute approximate surface area is 124 Å². The number of carbonyl (C=O) groups excluding carboxylic acids is 1. The Morgan fingerprint density at radius 3 is 2.48 bits per heavy atom. The Hall–Kier alpha value is -1.64. The van der Waals surface area contributed by atoms with Crippen LogP contribution in [-0.2, 0) is 21.5 Å². The Morgan fingerprint density at radius 1 is 1.33 bits per heavy atom. The molecule has 0 saturated carbocycles. The van der Waals surface area contributed by atoms with Crippen LogP contribution in [0.15, 0.2) is 16.6 Å². The second-order valence-corrected chi connectivity index (χ2v) is 5.34. The number of hydrogen-bond donors (Lipinski definition) is 2. The van der Waals surface area contributed by atoms with E-state index in [9.17, 15) is 32.3 Å². The first-order valence-electron chi connectivity index (χ1n) is 5.69. The monoisotopic (exact) mass is 369 g/mol. The van der Waals surface area contributed by atoms with Crippen LogP contribution in [0.25, 0.3) is 0 Å². The number of aliphatic carboxylic acids is 1. The lowest BCUT2D eigenvalue weighted by Gasteiger charge is -2.27. The van der Waals surface area contributed by atoms with Crippen LogP contribution in [0.2, 0.25) is 0 Å². The van der Waals surface area contributed by atoms with Gasteiger partial charge < -0.3 is 10.4 Å². The number of fused-ring (bicyclic) bond motifs is 1. The lowest BCUT2D eigenvalue weighted by molar-refractivity contribution is -0.178. The summed E-state index contributed by atoms with van der Waals surface area (Å²) in [6, 6.07) is 2.01. The number of carboxylic acid groups (broad SMARTS) is 1. The Balaban J connectivity index is 2.52. The van der Waals surface area contributed by atoms with Crippen LogP contribution in [0.5, 0.6) is 0 Å². The molecule has 1 aromatic carbocycles. The van der Waals surface area contributed by atoms with Crippen LogP contribution >= 0.6 is 15.9 Å². The number of rotatable bonds is 2. The van der Waals surface area contributed by atoms with E-state index in [4.69, 9.17) is 0 Å². The van der Waals surface area contributed by atoms with Crippen LogP contribution in [0.3, 0.4) is 0 Å². The fraction of sp³-hybridized carbons (Fsp3) is 0.333. The van der Waals surface area contributed by atoms with Gasteiger partial charge in [-0.25, -0.2) is 9.18 Å². The molecule has 0 aliphatic heterocycles. The summed E-state index contributed by atoms with van der Waals surface area (Å²) in [6.45, 7) is 0. The van der Waals surface area contributed by atoms with Crippen molar-refractivity contribution in [2.45, 2.75) is 24.6 Å². The second kappa shape index (κ2) is 4.97. The summed E-state index contributed by atoms with van der Waals surface area (Å²) in [5.41, 5.74) is -2.03. The van der Waals surface area contributed by atoms with E-state index >= 15 is 0 Å². The normalized spacial score (nSPS) is 21.0. The fourth-order valence-electron chi connectivity index (χ4n) is 2.35. The summed E-state index contributed by atoms with van der Waals surface area (Å²) in [6.07, 6.45) is -5.47. The zero-order chi connectivity index (χ0) is 16.0. The molecule has 0 fully saturated rings. The van der Waals surface area contributed by atoms with E-state index in [0.717, 1.165) is 12.1 Å². The first-order chi connectivity index (χ1) is 9.59. The maximum absolute atomic E-state index is 13.4. The number of carboxylic acids is 1.